The molecule has 1 amide bonds. The van der Waals surface area contributed by atoms with Crippen LogP contribution in [0.1, 0.15) is 20.3 Å². The minimum atomic E-state index is 0.0509. The highest BCUT2D eigenvalue weighted by atomic mass is 32.1. The lowest BCUT2D eigenvalue weighted by atomic mass is 10.5. The molecule has 1 N–H and O–H groups in total. The molecule has 0 saturated heterocycles. The first kappa shape index (κ1) is 11.6. The van der Waals surface area contributed by atoms with E-state index >= 15 is 0 Å². The van der Waals surface area contributed by atoms with E-state index in [4.69, 9.17) is 0 Å². The van der Waals surface area contributed by atoms with Crippen molar-refractivity contribution in [2.75, 3.05) is 12.8 Å². The summed E-state index contributed by atoms with van der Waals surface area (Å²) in [6.45, 7) is 4.00. The van der Waals surface area contributed by atoms with Gasteiger partial charge in [-0.25, -0.2) is 0 Å². The quantitative estimate of drug-likeness (QED) is 0.565. The van der Waals surface area contributed by atoms with Gasteiger partial charge in [-0.2, -0.15) is 12.6 Å². The van der Waals surface area contributed by atoms with Gasteiger partial charge < -0.3 is 5.32 Å². The van der Waals surface area contributed by atoms with E-state index in [-0.39, 0.29) is 5.91 Å². The molecule has 0 spiro atoms. The van der Waals surface area contributed by atoms with Gasteiger partial charge in [-0.15, -0.1) is 0 Å². The Bertz CT molecular complexity index is 66.1. The van der Waals surface area contributed by atoms with Crippen LogP contribution in [-0.2, 0) is 4.79 Å². The van der Waals surface area contributed by atoms with Gasteiger partial charge in [0.25, 0.3) is 0 Å². The first-order chi connectivity index (χ1) is 4.31. The first-order valence-electron chi connectivity index (χ1n) is 3.12. The van der Waals surface area contributed by atoms with Gasteiger partial charge in [0.05, 0.1) is 0 Å². The van der Waals surface area contributed by atoms with E-state index < -0.39 is 0 Å². The van der Waals surface area contributed by atoms with Crippen molar-refractivity contribution in [3.63, 3.8) is 0 Å². The van der Waals surface area contributed by atoms with Crippen LogP contribution in [0.3, 0.4) is 0 Å². The standard InChI is InChI=1S/C4H9NOS.C2H6/c1-5-4(6)2-3-7;1-2/h7H,2-3H2,1H3,(H,5,6);1-2H3. The Morgan fingerprint density at radius 3 is 2.11 bits per heavy atom. The number of hydrogen-bond donors (Lipinski definition) is 2. The van der Waals surface area contributed by atoms with Crippen LogP contribution in [0.2, 0.25) is 0 Å². The van der Waals surface area contributed by atoms with Gasteiger partial charge in [0, 0.05) is 13.5 Å². The summed E-state index contributed by atoms with van der Waals surface area (Å²) in [5, 5.41) is 2.48. The zero-order valence-corrected chi connectivity index (χ0v) is 7.16. The molecule has 0 fully saturated rings. The summed E-state index contributed by atoms with van der Waals surface area (Å²) >= 11 is 3.85. The Morgan fingerprint density at radius 2 is 2.00 bits per heavy atom. The molecule has 2 nitrogen and oxygen atoms in total. The molecular formula is C6H15NOS. The minimum Gasteiger partial charge on any atom is -0.359 e. The third-order valence-electron chi connectivity index (χ3n) is 0.618. The van der Waals surface area contributed by atoms with Gasteiger partial charge in [-0.1, -0.05) is 13.8 Å². The van der Waals surface area contributed by atoms with Crippen molar-refractivity contribution in [1.82, 2.24) is 5.32 Å². The fraction of sp³-hybridized carbons (Fsp3) is 0.833. The third-order valence-corrected chi connectivity index (χ3v) is 0.841. The Kier molecular flexibility index (Phi) is 13.8. The third kappa shape index (κ3) is 11.4. The molecule has 0 aliphatic rings. The van der Waals surface area contributed by atoms with Crippen molar-refractivity contribution in [3.8, 4) is 0 Å². The van der Waals surface area contributed by atoms with Crippen molar-refractivity contribution in [2.24, 2.45) is 0 Å². The van der Waals surface area contributed by atoms with Gasteiger partial charge in [0.2, 0.25) is 5.91 Å². The Labute approximate surface area is 62.4 Å². The maximum absolute atomic E-state index is 10.3. The van der Waals surface area contributed by atoms with E-state index in [1.807, 2.05) is 13.8 Å². The zero-order chi connectivity index (χ0) is 7.70. The molecule has 56 valence electrons. The summed E-state index contributed by atoms with van der Waals surface area (Å²) in [5.41, 5.74) is 0. The highest BCUT2D eigenvalue weighted by Gasteiger charge is 1.90. The van der Waals surface area contributed by atoms with E-state index in [2.05, 4.69) is 17.9 Å². The monoisotopic (exact) mass is 149 g/mol. The lowest BCUT2D eigenvalue weighted by Gasteiger charge is -1.90. The van der Waals surface area contributed by atoms with Crippen molar-refractivity contribution in [2.45, 2.75) is 20.3 Å². The molecule has 0 aliphatic carbocycles. The zero-order valence-electron chi connectivity index (χ0n) is 6.27. The lowest BCUT2D eigenvalue weighted by molar-refractivity contribution is -0.120. The first-order valence-corrected chi connectivity index (χ1v) is 3.76. The molecule has 0 aromatic heterocycles. The summed E-state index contributed by atoms with van der Waals surface area (Å²) in [5.74, 6) is 0.676. The number of carbonyl (C=O) groups excluding carboxylic acids is 1. The molecule has 0 unspecified atom stereocenters. The van der Waals surface area contributed by atoms with Gasteiger partial charge in [0.15, 0.2) is 0 Å². The van der Waals surface area contributed by atoms with Crippen molar-refractivity contribution in [1.29, 1.82) is 0 Å². The maximum Gasteiger partial charge on any atom is 0.220 e. The number of rotatable bonds is 2. The average molecular weight is 149 g/mol. The summed E-state index contributed by atoms with van der Waals surface area (Å²) in [7, 11) is 1.62. The summed E-state index contributed by atoms with van der Waals surface area (Å²) in [6.07, 6.45) is 0.514. The molecule has 0 aromatic carbocycles. The molecule has 0 saturated carbocycles. The SMILES string of the molecule is CC.CNC(=O)CCS. The molecule has 0 radical (unpaired) electrons. The van der Waals surface area contributed by atoms with Crippen LogP contribution in [0.4, 0.5) is 0 Å². The molecule has 0 atom stereocenters. The van der Waals surface area contributed by atoms with Gasteiger partial charge in [-0.3, -0.25) is 4.79 Å². The second kappa shape index (κ2) is 10.7. The normalized spacial score (nSPS) is 7.11. The topological polar surface area (TPSA) is 29.1 Å². The van der Waals surface area contributed by atoms with Gasteiger partial charge >= 0.3 is 0 Å². The Hall–Kier alpha value is -0.180. The van der Waals surface area contributed by atoms with Crippen molar-refractivity contribution in [3.05, 3.63) is 0 Å². The second-order valence-corrected chi connectivity index (χ2v) is 1.59. The molecule has 0 rings (SSSR count). The number of hydrogen-bond acceptors (Lipinski definition) is 2. The van der Waals surface area contributed by atoms with Crippen molar-refractivity contribution >= 4 is 18.5 Å². The van der Waals surface area contributed by atoms with E-state index in [0.29, 0.717) is 12.2 Å². The van der Waals surface area contributed by atoms with Crippen LogP contribution >= 0.6 is 12.6 Å². The number of nitrogens with one attached hydrogen (secondary N) is 1. The van der Waals surface area contributed by atoms with Crippen LogP contribution in [0.15, 0.2) is 0 Å². The summed E-state index contributed by atoms with van der Waals surface area (Å²) in [6, 6.07) is 0. The molecule has 0 aromatic rings. The van der Waals surface area contributed by atoms with E-state index in [1.165, 1.54) is 0 Å². The van der Waals surface area contributed by atoms with Crippen molar-refractivity contribution < 1.29 is 4.79 Å². The fourth-order valence-electron chi connectivity index (χ4n) is 0.227. The smallest absolute Gasteiger partial charge is 0.220 e. The lowest BCUT2D eigenvalue weighted by Crippen LogP contribution is -2.17. The van der Waals surface area contributed by atoms with Crippen LogP contribution in [0, 0.1) is 0 Å². The Balaban J connectivity index is 0. The summed E-state index contributed by atoms with van der Waals surface area (Å²) in [4.78, 5) is 10.3. The average Bonchev–Trinajstić information content (AvgIpc) is 1.93. The highest BCUT2D eigenvalue weighted by molar-refractivity contribution is 7.80. The predicted octanol–water partition coefficient (Wildman–Crippen LogP) is 1.08. The molecule has 0 heterocycles. The van der Waals surface area contributed by atoms with E-state index in [1.54, 1.807) is 7.05 Å². The van der Waals surface area contributed by atoms with Crippen LogP contribution in [0.25, 0.3) is 0 Å². The molecule has 0 aliphatic heterocycles. The molecular weight excluding hydrogens is 134 g/mol. The highest BCUT2D eigenvalue weighted by Crippen LogP contribution is 1.80. The largest absolute Gasteiger partial charge is 0.359 e. The van der Waals surface area contributed by atoms with E-state index in [0.717, 1.165) is 0 Å². The van der Waals surface area contributed by atoms with Gasteiger partial charge in [-0.05, 0) is 5.75 Å². The molecule has 0 bridgehead atoms. The van der Waals surface area contributed by atoms with Crippen LogP contribution in [0.5, 0.6) is 0 Å². The number of thiol groups is 1. The predicted molar refractivity (Wildman–Crippen MR) is 43.9 cm³/mol. The molecule has 9 heavy (non-hydrogen) atoms. The van der Waals surface area contributed by atoms with Crippen LogP contribution in [-0.4, -0.2) is 18.7 Å². The van der Waals surface area contributed by atoms with Gasteiger partial charge in [0.1, 0.15) is 0 Å². The molecule has 3 heteroatoms. The number of carbonyl (C=O) groups is 1. The summed E-state index contributed by atoms with van der Waals surface area (Å²) < 4.78 is 0. The fourth-order valence-corrected chi connectivity index (χ4v) is 0.430. The van der Waals surface area contributed by atoms with Crippen LogP contribution < -0.4 is 5.32 Å². The second-order valence-electron chi connectivity index (χ2n) is 1.15. The number of amides is 1. The van der Waals surface area contributed by atoms with E-state index in [9.17, 15) is 4.79 Å². The maximum atomic E-state index is 10.3. The Morgan fingerprint density at radius 1 is 1.56 bits per heavy atom. The minimum absolute atomic E-state index is 0.0509.